The lowest BCUT2D eigenvalue weighted by molar-refractivity contribution is 0.0925. The Morgan fingerprint density at radius 2 is 1.88 bits per heavy atom. The molecule has 2 aliphatic rings. The van der Waals surface area contributed by atoms with E-state index in [1.54, 1.807) is 31.2 Å². The van der Waals surface area contributed by atoms with Gasteiger partial charge in [-0.05, 0) is 62.6 Å². The molecule has 2 aromatic carbocycles. The smallest absolute Gasteiger partial charge is 0.319 e. The summed E-state index contributed by atoms with van der Waals surface area (Å²) in [7, 11) is -3.18. The summed E-state index contributed by atoms with van der Waals surface area (Å²) in [4.78, 5) is 24.8. The number of hydrogen-bond donors (Lipinski definition) is 5. The summed E-state index contributed by atoms with van der Waals surface area (Å²) in [6.07, 6.45) is 2.12. The van der Waals surface area contributed by atoms with E-state index in [-0.39, 0.29) is 18.7 Å². The summed E-state index contributed by atoms with van der Waals surface area (Å²) in [6, 6.07) is 17.5. The van der Waals surface area contributed by atoms with Gasteiger partial charge in [-0.15, -0.1) is 0 Å². The van der Waals surface area contributed by atoms with Crippen molar-refractivity contribution in [3.63, 3.8) is 0 Å². The Labute approximate surface area is 236 Å². The highest BCUT2D eigenvalue weighted by molar-refractivity contribution is 8.25. The zero-order valence-corrected chi connectivity index (χ0v) is 23.6. The fraction of sp³-hybridized carbons (Fsp3) is 0.414. The Morgan fingerprint density at radius 3 is 2.52 bits per heavy atom. The minimum atomic E-state index is -3.18. The Balaban J connectivity index is 1.52. The number of anilines is 2. The molecule has 11 heteroatoms. The highest BCUT2D eigenvalue weighted by atomic mass is 32.3. The normalized spacial score (nSPS) is 19.5. The number of benzene rings is 2. The zero-order valence-electron chi connectivity index (χ0n) is 22.8. The number of hydrogen-bond acceptors (Lipinski definition) is 8. The summed E-state index contributed by atoms with van der Waals surface area (Å²) >= 11 is 0. The van der Waals surface area contributed by atoms with Gasteiger partial charge in [-0.1, -0.05) is 25.1 Å². The minimum Gasteiger partial charge on any atom is -0.394 e. The molecule has 2 fully saturated rings. The number of nitrogens with zero attached hydrogens (tertiary/aromatic N) is 3. The Kier molecular flexibility index (Phi) is 8.29. The molecular formula is C29H37N5O5S. The number of amides is 2. The maximum atomic E-state index is 12.2. The number of rotatable bonds is 9. The molecule has 40 heavy (non-hydrogen) atoms. The van der Waals surface area contributed by atoms with Crippen LogP contribution in [0, 0.1) is 0 Å². The molecule has 0 radical (unpaired) electrons. The van der Waals surface area contributed by atoms with Crippen LogP contribution in [-0.2, 0) is 9.48 Å². The molecule has 2 heterocycles. The third kappa shape index (κ3) is 5.65. The number of aliphatic hydroxyl groups excluding tert-OH is 1. The zero-order chi connectivity index (χ0) is 28.3. The number of urea groups is 1. The molecule has 1 aliphatic carbocycles. The van der Waals surface area contributed by atoms with Gasteiger partial charge in [0.05, 0.1) is 42.5 Å². The number of nitrogens with one attached hydrogen (secondary N) is 2. The third-order valence-corrected chi connectivity index (χ3v) is 10.2. The predicted octanol–water partition coefficient (Wildman–Crippen LogP) is 5.06. The lowest BCUT2D eigenvalue weighted by atomic mass is 10.1. The van der Waals surface area contributed by atoms with E-state index in [9.17, 15) is 13.9 Å². The van der Waals surface area contributed by atoms with Crippen LogP contribution in [0.25, 0.3) is 11.4 Å². The van der Waals surface area contributed by atoms with Crippen molar-refractivity contribution in [2.24, 2.45) is 0 Å². The Hall–Kier alpha value is -3.22. The summed E-state index contributed by atoms with van der Waals surface area (Å²) in [6.45, 7) is 5.55. The number of morpholine rings is 1. The molecule has 2 amide bonds. The van der Waals surface area contributed by atoms with Gasteiger partial charge >= 0.3 is 6.03 Å². The second kappa shape index (κ2) is 11.7. The maximum absolute atomic E-state index is 12.2. The van der Waals surface area contributed by atoms with Gasteiger partial charge in [0.2, 0.25) is 0 Å². The van der Waals surface area contributed by atoms with Gasteiger partial charge in [0.25, 0.3) is 0 Å². The molecule has 5 rings (SSSR count). The van der Waals surface area contributed by atoms with Gasteiger partial charge in [-0.3, -0.25) is 9.11 Å². The van der Waals surface area contributed by atoms with E-state index >= 15 is 0 Å². The van der Waals surface area contributed by atoms with Crippen LogP contribution in [0.2, 0.25) is 0 Å². The van der Waals surface area contributed by atoms with Gasteiger partial charge < -0.3 is 25.4 Å². The van der Waals surface area contributed by atoms with E-state index in [0.717, 1.165) is 17.8 Å². The molecule has 0 unspecified atom stereocenters. The number of carbonyl (C=O) groups excluding carboxylic acids is 1. The van der Waals surface area contributed by atoms with Crippen LogP contribution in [0.1, 0.15) is 38.8 Å². The standard InChI is InChI=1S/C29H37N5O5S/c1-3-23-19-39-16-15-34(23)26-17-25(29(13-14-29)40(37,38)24-7-5-4-6-8-24)32-27(33-26)21-9-11-22(12-10-21)31-28(36)30-20(2)18-35/h4-12,17,20,23,35,37-38H,3,13-16,18-19H2,1-2H3,(H2,30,31,36)/t20-,23+/m1/s1. The monoisotopic (exact) mass is 567 g/mol. The average Bonchev–Trinajstić information content (AvgIpc) is 3.81. The van der Waals surface area contributed by atoms with Crippen LogP contribution in [0.3, 0.4) is 0 Å². The summed E-state index contributed by atoms with van der Waals surface area (Å²) in [5.41, 5.74) is 1.95. The van der Waals surface area contributed by atoms with Gasteiger partial charge in [-0.25, -0.2) is 14.8 Å². The number of ether oxygens (including phenoxy) is 1. The van der Waals surface area contributed by atoms with Crippen LogP contribution in [-0.4, -0.2) is 68.7 Å². The van der Waals surface area contributed by atoms with E-state index in [4.69, 9.17) is 19.8 Å². The molecule has 5 N–H and O–H groups in total. The number of aliphatic hydroxyl groups is 1. The van der Waals surface area contributed by atoms with Crippen molar-refractivity contribution in [1.29, 1.82) is 0 Å². The van der Waals surface area contributed by atoms with Gasteiger partial charge in [0.1, 0.15) is 10.6 Å². The molecule has 1 aliphatic heterocycles. The Morgan fingerprint density at radius 1 is 1.15 bits per heavy atom. The summed E-state index contributed by atoms with van der Waals surface area (Å²) in [5, 5.41) is 14.6. The molecular weight excluding hydrogens is 530 g/mol. The lowest BCUT2D eigenvalue weighted by Gasteiger charge is -2.41. The summed E-state index contributed by atoms with van der Waals surface area (Å²) in [5.74, 6) is 1.22. The predicted molar refractivity (Wildman–Crippen MR) is 157 cm³/mol. The lowest BCUT2D eigenvalue weighted by Crippen LogP contribution is -2.45. The van der Waals surface area contributed by atoms with Crippen molar-refractivity contribution in [2.75, 3.05) is 36.6 Å². The van der Waals surface area contributed by atoms with Crippen LogP contribution in [0.4, 0.5) is 16.3 Å². The van der Waals surface area contributed by atoms with Gasteiger partial charge in [0, 0.05) is 23.9 Å². The minimum absolute atomic E-state index is 0.152. The van der Waals surface area contributed by atoms with Crippen molar-refractivity contribution in [1.82, 2.24) is 15.3 Å². The van der Waals surface area contributed by atoms with Crippen molar-refractivity contribution in [3.05, 3.63) is 66.4 Å². The van der Waals surface area contributed by atoms with Crippen LogP contribution in [0.5, 0.6) is 0 Å². The van der Waals surface area contributed by atoms with Crippen LogP contribution >= 0.6 is 10.6 Å². The van der Waals surface area contributed by atoms with Crippen molar-refractivity contribution in [2.45, 2.75) is 54.8 Å². The van der Waals surface area contributed by atoms with Gasteiger partial charge in [0.15, 0.2) is 5.82 Å². The van der Waals surface area contributed by atoms with E-state index in [0.29, 0.717) is 54.7 Å². The molecule has 3 aromatic rings. The fourth-order valence-electron chi connectivity index (χ4n) is 5.01. The highest BCUT2D eigenvalue weighted by Gasteiger charge is 2.57. The third-order valence-electron chi connectivity index (χ3n) is 7.55. The fourth-order valence-corrected chi connectivity index (χ4v) is 7.07. The molecule has 0 bridgehead atoms. The molecule has 10 nitrogen and oxygen atoms in total. The second-order valence-corrected chi connectivity index (χ2v) is 12.7. The quantitative estimate of drug-likeness (QED) is 0.242. The first-order chi connectivity index (χ1) is 19.3. The Bertz CT molecular complexity index is 1320. The number of aromatic nitrogens is 2. The largest absolute Gasteiger partial charge is 0.394 e. The average molecular weight is 568 g/mol. The van der Waals surface area contributed by atoms with Crippen molar-refractivity contribution >= 4 is 28.1 Å². The first-order valence-corrected chi connectivity index (χ1v) is 15.2. The second-order valence-electron chi connectivity index (χ2n) is 10.4. The van der Waals surface area contributed by atoms with E-state index in [2.05, 4.69) is 22.5 Å². The topological polar surface area (TPSA) is 140 Å². The van der Waals surface area contributed by atoms with Crippen LogP contribution < -0.4 is 15.5 Å². The highest BCUT2D eigenvalue weighted by Crippen LogP contribution is 2.75. The van der Waals surface area contributed by atoms with E-state index in [1.807, 2.05) is 36.4 Å². The first-order valence-electron chi connectivity index (χ1n) is 13.6. The maximum Gasteiger partial charge on any atom is 0.319 e. The van der Waals surface area contributed by atoms with Crippen molar-refractivity contribution < 1.29 is 23.7 Å². The van der Waals surface area contributed by atoms with Crippen molar-refractivity contribution in [3.8, 4) is 11.4 Å². The summed E-state index contributed by atoms with van der Waals surface area (Å²) < 4.78 is 28.0. The van der Waals surface area contributed by atoms with Crippen LogP contribution in [0.15, 0.2) is 65.6 Å². The molecule has 1 saturated carbocycles. The molecule has 2 atom stereocenters. The molecule has 214 valence electrons. The number of carbonyl (C=O) groups is 1. The first kappa shape index (κ1) is 28.3. The SMILES string of the molecule is CC[C@H]1COCCN1c1cc(C2(S(O)(O)c3ccccc3)CC2)nc(-c2ccc(NC(=O)N[C@H](C)CO)cc2)n1. The molecule has 1 saturated heterocycles. The van der Waals surface area contributed by atoms with Gasteiger partial charge in [-0.2, -0.15) is 10.6 Å². The molecule has 0 spiro atoms. The molecule has 1 aromatic heterocycles. The van der Waals surface area contributed by atoms with E-state index < -0.39 is 21.4 Å². The van der Waals surface area contributed by atoms with E-state index in [1.165, 1.54) is 0 Å².